The number of rotatable bonds is 7. The predicted octanol–water partition coefficient (Wildman–Crippen LogP) is 2.96. The third kappa shape index (κ3) is 4.52. The van der Waals surface area contributed by atoms with Gasteiger partial charge in [-0.2, -0.15) is 5.10 Å². The van der Waals surface area contributed by atoms with Gasteiger partial charge >= 0.3 is 0 Å². The van der Waals surface area contributed by atoms with E-state index in [9.17, 15) is 9.59 Å². The number of anilines is 1. The number of carbonyl (C=O) groups excluding carboxylic acids is 2. The molecule has 2 unspecified atom stereocenters. The number of pyridine rings is 1. The molecule has 0 bridgehead atoms. The summed E-state index contributed by atoms with van der Waals surface area (Å²) in [4.78, 5) is 35.4. The van der Waals surface area contributed by atoms with Gasteiger partial charge in [-0.15, -0.1) is 0 Å². The average molecular weight is 433 g/mol. The van der Waals surface area contributed by atoms with Crippen molar-refractivity contribution >= 4 is 39.6 Å². The van der Waals surface area contributed by atoms with Crippen molar-refractivity contribution in [3.05, 3.63) is 48.1 Å². The maximum Gasteiger partial charge on any atom is 0.229 e. The average Bonchev–Trinajstić information content (AvgIpc) is 3.36. The van der Waals surface area contributed by atoms with Gasteiger partial charge in [-0.05, 0) is 32.0 Å². The highest BCUT2D eigenvalue weighted by Gasteiger charge is 2.36. The van der Waals surface area contributed by atoms with Crippen molar-refractivity contribution in [2.45, 2.75) is 31.8 Å². The van der Waals surface area contributed by atoms with E-state index in [2.05, 4.69) is 15.1 Å². The number of ketones is 1. The van der Waals surface area contributed by atoms with E-state index in [4.69, 9.17) is 17.3 Å². The number of nitrogens with two attached hydrogens (primary N) is 1. The van der Waals surface area contributed by atoms with Crippen LogP contribution in [-0.2, 0) is 9.59 Å². The fourth-order valence-electron chi connectivity index (χ4n) is 2.85. The monoisotopic (exact) mass is 432 g/mol. The maximum absolute atomic E-state index is 12.8. The van der Waals surface area contributed by atoms with Crippen molar-refractivity contribution < 1.29 is 9.59 Å². The molecular formula is C19H21ClN6O2S. The van der Waals surface area contributed by atoms with Crippen molar-refractivity contribution in [3.63, 3.8) is 0 Å². The van der Waals surface area contributed by atoms with E-state index in [1.54, 1.807) is 57.8 Å². The zero-order valence-electron chi connectivity index (χ0n) is 16.2. The number of halogens is 1. The van der Waals surface area contributed by atoms with Crippen LogP contribution in [0.15, 0.2) is 43.0 Å². The number of hydrogen-bond donors (Lipinski definition) is 1. The Labute approximate surface area is 177 Å². The molecule has 8 nitrogen and oxygen atoms in total. The summed E-state index contributed by atoms with van der Waals surface area (Å²) in [6.07, 6.45) is 6.43. The smallest absolute Gasteiger partial charge is 0.229 e. The lowest BCUT2D eigenvalue weighted by atomic mass is 9.89. The molecule has 3 aromatic rings. The second-order valence-electron chi connectivity index (χ2n) is 6.93. The van der Waals surface area contributed by atoms with Crippen LogP contribution in [0.1, 0.15) is 26.3 Å². The highest BCUT2D eigenvalue weighted by molar-refractivity contribution is 7.19. The summed E-state index contributed by atoms with van der Waals surface area (Å²) >= 11 is 7.53. The molecule has 0 aliphatic heterocycles. The van der Waals surface area contributed by atoms with Gasteiger partial charge in [0.25, 0.3) is 0 Å². The third-order valence-corrected chi connectivity index (χ3v) is 6.10. The van der Waals surface area contributed by atoms with Gasteiger partial charge in [-0.25, -0.2) is 4.98 Å². The maximum atomic E-state index is 12.8. The number of amides is 1. The number of Topliss-reactive ketones (excluding diaryl/α,β-unsaturated/α-hetero) is 1. The number of nitrogens with zero attached hydrogens (tertiary/aromatic N) is 5. The van der Waals surface area contributed by atoms with Crippen molar-refractivity contribution in [2.75, 3.05) is 11.9 Å². The molecule has 0 radical (unpaired) electrons. The Morgan fingerprint density at radius 2 is 2.14 bits per heavy atom. The highest BCUT2D eigenvalue weighted by Crippen LogP contribution is 2.37. The van der Waals surface area contributed by atoms with E-state index >= 15 is 0 Å². The SMILES string of the molecule is CC(C(=O)C(C)(N)CC(=O)N(C)c1sc(-c2cccnc2)nc1Cl)n1cccn1. The Morgan fingerprint density at radius 1 is 1.38 bits per heavy atom. The first-order chi connectivity index (χ1) is 13.7. The number of aromatic nitrogens is 4. The van der Waals surface area contributed by atoms with Crippen LogP contribution in [0.4, 0.5) is 5.00 Å². The minimum Gasteiger partial charge on any atom is -0.319 e. The van der Waals surface area contributed by atoms with Crippen LogP contribution in [0, 0.1) is 0 Å². The summed E-state index contributed by atoms with van der Waals surface area (Å²) in [6, 6.07) is 4.80. The van der Waals surface area contributed by atoms with Gasteiger partial charge in [0, 0.05) is 37.4 Å². The Bertz CT molecular complexity index is 1000. The quantitative estimate of drug-likeness (QED) is 0.615. The first kappa shape index (κ1) is 21.1. The third-order valence-electron chi connectivity index (χ3n) is 4.54. The molecule has 0 saturated carbocycles. The molecule has 3 aromatic heterocycles. The molecule has 29 heavy (non-hydrogen) atoms. The number of thiazole rings is 1. The van der Waals surface area contributed by atoms with E-state index in [0.717, 1.165) is 5.56 Å². The summed E-state index contributed by atoms with van der Waals surface area (Å²) in [5, 5.41) is 5.41. The van der Waals surface area contributed by atoms with Gasteiger partial charge in [0.15, 0.2) is 10.9 Å². The highest BCUT2D eigenvalue weighted by atomic mass is 35.5. The van der Waals surface area contributed by atoms with Gasteiger partial charge in [0.05, 0.1) is 12.0 Å². The van der Waals surface area contributed by atoms with Crippen LogP contribution in [0.25, 0.3) is 10.6 Å². The summed E-state index contributed by atoms with van der Waals surface area (Å²) in [5.41, 5.74) is 5.67. The van der Waals surface area contributed by atoms with Crippen molar-refractivity contribution in [3.8, 4) is 10.6 Å². The Hall–Kier alpha value is -2.62. The van der Waals surface area contributed by atoms with Crippen LogP contribution in [0.3, 0.4) is 0 Å². The summed E-state index contributed by atoms with van der Waals surface area (Å²) in [5.74, 6) is -0.617. The van der Waals surface area contributed by atoms with E-state index in [0.29, 0.717) is 10.0 Å². The van der Waals surface area contributed by atoms with Gasteiger partial charge in [-0.1, -0.05) is 22.9 Å². The van der Waals surface area contributed by atoms with Gasteiger partial charge < -0.3 is 10.6 Å². The van der Waals surface area contributed by atoms with Crippen molar-refractivity contribution in [2.24, 2.45) is 5.73 Å². The topological polar surface area (TPSA) is 107 Å². The molecule has 10 heteroatoms. The van der Waals surface area contributed by atoms with Gasteiger partial charge in [0.2, 0.25) is 5.91 Å². The van der Waals surface area contributed by atoms with Crippen LogP contribution < -0.4 is 10.6 Å². The van der Waals surface area contributed by atoms with Gasteiger partial charge in [0.1, 0.15) is 16.1 Å². The zero-order valence-corrected chi connectivity index (χ0v) is 17.8. The van der Waals surface area contributed by atoms with Crippen LogP contribution >= 0.6 is 22.9 Å². The molecule has 2 atom stereocenters. The summed E-state index contributed by atoms with van der Waals surface area (Å²) in [7, 11) is 1.59. The first-order valence-corrected chi connectivity index (χ1v) is 10.1. The summed E-state index contributed by atoms with van der Waals surface area (Å²) in [6.45, 7) is 3.26. The minimum atomic E-state index is -1.36. The zero-order chi connectivity index (χ0) is 21.2. The fraction of sp³-hybridized carbons (Fsp3) is 0.316. The predicted molar refractivity (Wildman–Crippen MR) is 113 cm³/mol. The lowest BCUT2D eigenvalue weighted by Crippen LogP contribution is -2.51. The van der Waals surface area contributed by atoms with Crippen LogP contribution in [0.2, 0.25) is 5.15 Å². The van der Waals surface area contributed by atoms with Gasteiger partial charge in [-0.3, -0.25) is 19.3 Å². The minimum absolute atomic E-state index is 0.176. The first-order valence-electron chi connectivity index (χ1n) is 8.86. The second-order valence-corrected chi connectivity index (χ2v) is 8.27. The molecule has 1 amide bonds. The molecule has 0 saturated heterocycles. The summed E-state index contributed by atoms with van der Waals surface area (Å²) < 4.78 is 1.52. The molecule has 2 N–H and O–H groups in total. The van der Waals surface area contributed by atoms with Crippen LogP contribution in [0.5, 0.6) is 0 Å². The molecular weight excluding hydrogens is 412 g/mol. The Balaban J connectivity index is 1.75. The lowest BCUT2D eigenvalue weighted by Gasteiger charge is -2.28. The molecule has 0 aliphatic rings. The molecule has 0 aliphatic carbocycles. The molecule has 152 valence electrons. The molecule has 0 spiro atoms. The molecule has 3 rings (SSSR count). The molecule has 3 heterocycles. The van der Waals surface area contributed by atoms with Crippen molar-refractivity contribution in [1.29, 1.82) is 0 Å². The van der Waals surface area contributed by atoms with E-state index in [1.165, 1.54) is 20.9 Å². The normalized spacial score (nSPS) is 14.2. The number of carbonyl (C=O) groups is 2. The van der Waals surface area contributed by atoms with E-state index in [-0.39, 0.29) is 23.3 Å². The molecule has 0 fully saturated rings. The fourth-order valence-corrected chi connectivity index (χ4v) is 4.16. The molecule has 0 aromatic carbocycles. The van der Waals surface area contributed by atoms with Crippen molar-refractivity contribution in [1.82, 2.24) is 19.7 Å². The number of hydrogen-bond acceptors (Lipinski definition) is 7. The van der Waals surface area contributed by atoms with E-state index in [1.807, 2.05) is 6.07 Å². The lowest BCUT2D eigenvalue weighted by molar-refractivity contribution is -0.130. The van der Waals surface area contributed by atoms with Crippen LogP contribution in [-0.4, -0.2) is 44.0 Å². The second kappa shape index (κ2) is 8.40. The Kier molecular flexibility index (Phi) is 6.11. The van der Waals surface area contributed by atoms with E-state index < -0.39 is 11.6 Å². The largest absolute Gasteiger partial charge is 0.319 e. The standard InChI is InChI=1S/C19H21ClN6O2S/c1-12(26-9-5-8-23-26)15(28)19(2,21)10-14(27)25(3)18-16(20)24-17(29-18)13-6-4-7-22-11-13/h4-9,11-12H,10,21H2,1-3H3. The Morgan fingerprint density at radius 3 is 2.76 bits per heavy atom.